The van der Waals surface area contributed by atoms with Crippen LogP contribution >= 0.6 is 15.9 Å². The van der Waals surface area contributed by atoms with E-state index >= 15 is 0 Å². The minimum atomic E-state index is -0.470. The van der Waals surface area contributed by atoms with E-state index in [1.165, 1.54) is 12.1 Å². The molecule has 2 rings (SSSR count). The summed E-state index contributed by atoms with van der Waals surface area (Å²) >= 11 is 3.59. The van der Waals surface area contributed by atoms with Gasteiger partial charge in [-0.3, -0.25) is 14.9 Å². The lowest BCUT2D eigenvalue weighted by atomic mass is 9.97. The molecule has 0 spiro atoms. The van der Waals surface area contributed by atoms with Crippen LogP contribution in [0.1, 0.15) is 29.3 Å². The van der Waals surface area contributed by atoms with E-state index in [9.17, 15) is 14.9 Å². The van der Waals surface area contributed by atoms with Crippen molar-refractivity contribution in [1.29, 1.82) is 0 Å². The highest BCUT2D eigenvalue weighted by Crippen LogP contribution is 2.26. The van der Waals surface area contributed by atoms with Crippen LogP contribution < -0.4 is 0 Å². The maximum absolute atomic E-state index is 12.5. The number of nitrogens with zero attached hydrogens (tertiary/aromatic N) is 2. The summed E-state index contributed by atoms with van der Waals surface area (Å²) in [7, 11) is 0. The molecule has 20 heavy (non-hydrogen) atoms. The van der Waals surface area contributed by atoms with Crippen molar-refractivity contribution in [2.45, 2.75) is 25.1 Å². The lowest BCUT2D eigenvalue weighted by molar-refractivity contribution is -0.384. The van der Waals surface area contributed by atoms with Crippen molar-refractivity contribution in [1.82, 2.24) is 4.90 Å². The summed E-state index contributed by atoms with van der Waals surface area (Å²) in [4.78, 5) is 24.9. The van der Waals surface area contributed by atoms with Crippen molar-refractivity contribution in [3.8, 4) is 0 Å². The number of aryl methyl sites for hydroxylation is 1. The number of halogens is 1. The van der Waals surface area contributed by atoms with Crippen molar-refractivity contribution in [3.05, 3.63) is 39.4 Å². The first-order valence-electron chi connectivity index (χ1n) is 6.58. The fourth-order valence-corrected chi connectivity index (χ4v) is 2.94. The molecule has 6 heteroatoms. The van der Waals surface area contributed by atoms with Gasteiger partial charge < -0.3 is 4.90 Å². The number of carbonyl (C=O) groups excluding carboxylic acids is 1. The number of alkyl halides is 1. The monoisotopic (exact) mass is 340 g/mol. The average Bonchev–Trinajstić information content (AvgIpc) is 2.41. The van der Waals surface area contributed by atoms with Crippen molar-refractivity contribution in [2.75, 3.05) is 13.1 Å². The maximum atomic E-state index is 12.5. The number of benzene rings is 1. The Labute approximate surface area is 126 Å². The van der Waals surface area contributed by atoms with Crippen LogP contribution in [0.15, 0.2) is 18.2 Å². The third-order valence-corrected chi connectivity index (χ3v) is 5.01. The van der Waals surface area contributed by atoms with Crippen LogP contribution in [-0.2, 0) is 0 Å². The first kappa shape index (κ1) is 15.0. The summed E-state index contributed by atoms with van der Waals surface area (Å²) < 4.78 is 0. The van der Waals surface area contributed by atoms with Gasteiger partial charge in [-0.05, 0) is 24.8 Å². The van der Waals surface area contributed by atoms with Crippen LogP contribution in [0.4, 0.5) is 5.69 Å². The molecule has 2 unspecified atom stereocenters. The van der Waals surface area contributed by atoms with Gasteiger partial charge in [0.2, 0.25) is 0 Å². The zero-order chi connectivity index (χ0) is 14.9. The fraction of sp³-hybridized carbons (Fsp3) is 0.500. The Morgan fingerprint density at radius 2 is 2.20 bits per heavy atom. The maximum Gasteiger partial charge on any atom is 0.270 e. The molecule has 0 N–H and O–H groups in total. The molecule has 0 aromatic heterocycles. The third-order valence-electron chi connectivity index (χ3n) is 3.82. The Hall–Kier alpha value is -1.43. The minimum Gasteiger partial charge on any atom is -0.337 e. The third kappa shape index (κ3) is 3.00. The quantitative estimate of drug-likeness (QED) is 0.472. The number of hydrogen-bond donors (Lipinski definition) is 0. The van der Waals surface area contributed by atoms with Gasteiger partial charge in [0, 0.05) is 35.6 Å². The van der Waals surface area contributed by atoms with Crippen LogP contribution in [0.5, 0.6) is 0 Å². The molecule has 1 fully saturated rings. The molecule has 1 aliphatic rings. The first-order valence-corrected chi connectivity index (χ1v) is 7.50. The van der Waals surface area contributed by atoms with Crippen molar-refractivity contribution in [2.24, 2.45) is 5.92 Å². The highest BCUT2D eigenvalue weighted by Gasteiger charge is 2.28. The molecule has 0 radical (unpaired) electrons. The minimum absolute atomic E-state index is 0.0419. The van der Waals surface area contributed by atoms with Crippen molar-refractivity contribution < 1.29 is 9.72 Å². The molecule has 0 aliphatic carbocycles. The molecule has 108 valence electrons. The second kappa shape index (κ2) is 5.91. The molecular formula is C14H17BrN2O3. The molecular weight excluding hydrogens is 324 g/mol. The summed E-state index contributed by atoms with van der Waals surface area (Å²) in [5.74, 6) is 0.410. The number of rotatable bonds is 2. The van der Waals surface area contributed by atoms with Gasteiger partial charge in [-0.2, -0.15) is 0 Å². The number of likely N-dealkylation sites (tertiary alicyclic amines) is 1. The standard InChI is InChI=1S/C14H17BrN2O3/c1-9-3-4-11(17(19)20)7-12(9)14(18)16-6-5-10(2)13(15)8-16/h3-4,7,10,13H,5-6,8H2,1-2H3. The van der Waals surface area contributed by atoms with Crippen LogP contribution in [0.25, 0.3) is 0 Å². The Bertz CT molecular complexity index is 547. The summed E-state index contributed by atoms with van der Waals surface area (Å²) in [6.07, 6.45) is 0.940. The Kier molecular flexibility index (Phi) is 4.42. The van der Waals surface area contributed by atoms with E-state index in [1.807, 2.05) is 0 Å². The second-order valence-corrected chi connectivity index (χ2v) is 6.47. The van der Waals surface area contributed by atoms with Gasteiger partial charge in [0.1, 0.15) is 0 Å². The Morgan fingerprint density at radius 1 is 1.50 bits per heavy atom. The van der Waals surface area contributed by atoms with E-state index in [4.69, 9.17) is 0 Å². The van der Waals surface area contributed by atoms with Crippen LogP contribution in [0.2, 0.25) is 0 Å². The lowest BCUT2D eigenvalue weighted by Gasteiger charge is -2.34. The molecule has 1 aliphatic heterocycles. The van der Waals surface area contributed by atoms with E-state index in [0.717, 1.165) is 12.0 Å². The summed E-state index contributed by atoms with van der Waals surface area (Å²) in [5.41, 5.74) is 1.15. The van der Waals surface area contributed by atoms with Crippen LogP contribution in [0.3, 0.4) is 0 Å². The number of amides is 1. The number of non-ortho nitro benzene ring substituents is 1. The highest BCUT2D eigenvalue weighted by atomic mass is 79.9. The fourth-order valence-electron chi connectivity index (χ4n) is 2.33. The van der Waals surface area contributed by atoms with E-state index < -0.39 is 4.92 Å². The molecule has 0 bridgehead atoms. The smallest absolute Gasteiger partial charge is 0.270 e. The van der Waals surface area contributed by atoms with Crippen LogP contribution in [0, 0.1) is 23.0 Å². The predicted octanol–water partition coefficient (Wildman–Crippen LogP) is 3.15. The number of nitro benzene ring substituents is 1. The van der Waals surface area contributed by atoms with Crippen LogP contribution in [-0.4, -0.2) is 33.6 Å². The Morgan fingerprint density at radius 3 is 2.80 bits per heavy atom. The number of piperidine rings is 1. The molecule has 0 saturated carbocycles. The molecule has 1 aromatic rings. The van der Waals surface area contributed by atoms with E-state index in [1.54, 1.807) is 17.9 Å². The normalized spacial score (nSPS) is 22.6. The van der Waals surface area contributed by atoms with Gasteiger partial charge >= 0.3 is 0 Å². The molecule has 1 amide bonds. The molecule has 1 heterocycles. The highest BCUT2D eigenvalue weighted by molar-refractivity contribution is 9.09. The Balaban J connectivity index is 2.25. The van der Waals surface area contributed by atoms with Gasteiger partial charge in [0.15, 0.2) is 0 Å². The van der Waals surface area contributed by atoms with E-state index in [-0.39, 0.29) is 16.4 Å². The van der Waals surface area contributed by atoms with E-state index in [2.05, 4.69) is 22.9 Å². The zero-order valence-corrected chi connectivity index (χ0v) is 13.1. The predicted molar refractivity (Wildman–Crippen MR) is 80.2 cm³/mol. The lowest BCUT2D eigenvalue weighted by Crippen LogP contribution is -2.43. The van der Waals surface area contributed by atoms with Gasteiger partial charge in [0.25, 0.3) is 11.6 Å². The number of carbonyl (C=O) groups is 1. The topological polar surface area (TPSA) is 63.5 Å². The van der Waals surface area contributed by atoms with Gasteiger partial charge in [-0.1, -0.05) is 28.9 Å². The number of hydrogen-bond acceptors (Lipinski definition) is 3. The molecule has 1 aromatic carbocycles. The molecule has 1 saturated heterocycles. The largest absolute Gasteiger partial charge is 0.337 e. The van der Waals surface area contributed by atoms with E-state index in [0.29, 0.717) is 24.6 Å². The number of nitro groups is 1. The summed E-state index contributed by atoms with van der Waals surface area (Å²) in [6, 6.07) is 4.43. The first-order chi connectivity index (χ1) is 9.40. The van der Waals surface area contributed by atoms with Gasteiger partial charge in [-0.15, -0.1) is 0 Å². The van der Waals surface area contributed by atoms with Gasteiger partial charge in [-0.25, -0.2) is 0 Å². The SMILES string of the molecule is Cc1ccc([N+](=O)[O-])cc1C(=O)N1CCC(C)C(Br)C1. The summed E-state index contributed by atoms with van der Waals surface area (Å²) in [5, 5.41) is 10.8. The summed E-state index contributed by atoms with van der Waals surface area (Å²) in [6.45, 7) is 5.29. The van der Waals surface area contributed by atoms with Gasteiger partial charge in [0.05, 0.1) is 4.92 Å². The second-order valence-electron chi connectivity index (χ2n) is 5.29. The van der Waals surface area contributed by atoms with Crippen molar-refractivity contribution in [3.63, 3.8) is 0 Å². The average molecular weight is 341 g/mol. The molecule has 2 atom stereocenters. The van der Waals surface area contributed by atoms with Crippen molar-refractivity contribution >= 4 is 27.5 Å². The molecule has 5 nitrogen and oxygen atoms in total. The zero-order valence-electron chi connectivity index (χ0n) is 11.5.